The van der Waals surface area contributed by atoms with E-state index in [1.165, 1.54) is 0 Å². The quantitative estimate of drug-likeness (QED) is 0.0505. The van der Waals surface area contributed by atoms with E-state index < -0.39 is 53.8 Å². The van der Waals surface area contributed by atoms with Crippen molar-refractivity contribution in [1.82, 2.24) is 16.0 Å². The van der Waals surface area contributed by atoms with Gasteiger partial charge in [0.1, 0.15) is 18.1 Å². The van der Waals surface area contributed by atoms with Gasteiger partial charge in [0.15, 0.2) is 11.9 Å². The fourth-order valence-corrected chi connectivity index (χ4v) is 3.36. The van der Waals surface area contributed by atoms with Gasteiger partial charge in [-0.3, -0.25) is 24.4 Å². The van der Waals surface area contributed by atoms with Gasteiger partial charge in [-0.2, -0.15) is 0 Å². The summed E-state index contributed by atoms with van der Waals surface area (Å²) in [7, 11) is 0. The van der Waals surface area contributed by atoms with Gasteiger partial charge in [-0.25, -0.2) is 4.79 Å². The number of rotatable bonds is 18. The Hall–Kier alpha value is -3.62. The van der Waals surface area contributed by atoms with Crippen molar-refractivity contribution in [3.8, 4) is 0 Å². The molecule has 15 nitrogen and oxygen atoms in total. The zero-order valence-corrected chi connectivity index (χ0v) is 22.8. The Morgan fingerprint density at radius 1 is 0.763 bits per heavy atom. The number of carbonyl (C=O) groups is 4. The van der Waals surface area contributed by atoms with Crippen molar-refractivity contribution in [3.05, 3.63) is 0 Å². The van der Waals surface area contributed by atoms with Gasteiger partial charge in [0.25, 0.3) is 0 Å². The van der Waals surface area contributed by atoms with Crippen LogP contribution in [-0.4, -0.2) is 78.0 Å². The first kappa shape index (κ1) is 34.4. The van der Waals surface area contributed by atoms with Crippen LogP contribution in [-0.2, 0) is 19.2 Å². The average Bonchev–Trinajstić information content (AvgIpc) is 2.83. The van der Waals surface area contributed by atoms with Gasteiger partial charge < -0.3 is 49.7 Å². The molecular weight excluding hydrogens is 496 g/mol. The lowest BCUT2D eigenvalue weighted by atomic mass is 9.98. The van der Waals surface area contributed by atoms with Crippen LogP contribution >= 0.6 is 0 Å². The zero-order chi connectivity index (χ0) is 29.4. The predicted molar refractivity (Wildman–Crippen MR) is 146 cm³/mol. The summed E-state index contributed by atoms with van der Waals surface area (Å²) in [5.41, 5.74) is 27.4. The Labute approximate surface area is 223 Å². The molecule has 0 aliphatic heterocycles. The van der Waals surface area contributed by atoms with Crippen molar-refractivity contribution < 1.29 is 24.3 Å². The van der Waals surface area contributed by atoms with Crippen molar-refractivity contribution in [3.63, 3.8) is 0 Å². The maximum absolute atomic E-state index is 13.3. The van der Waals surface area contributed by atoms with Crippen molar-refractivity contribution in [2.45, 2.75) is 84.0 Å². The van der Waals surface area contributed by atoms with Crippen LogP contribution in [0, 0.1) is 11.8 Å². The molecule has 0 saturated heterocycles. The molecule has 0 spiro atoms. The third-order valence-electron chi connectivity index (χ3n) is 5.95. The highest BCUT2D eigenvalue weighted by atomic mass is 16.4. The number of hydrogen-bond donors (Lipinski definition) is 9. The second kappa shape index (κ2) is 17.8. The highest BCUT2D eigenvalue weighted by molar-refractivity contribution is 5.94. The summed E-state index contributed by atoms with van der Waals surface area (Å²) in [5, 5.41) is 17.2. The Morgan fingerprint density at radius 2 is 1.18 bits per heavy atom. The molecule has 38 heavy (non-hydrogen) atoms. The molecule has 0 aromatic rings. The number of nitrogens with one attached hydrogen (secondary N) is 3. The largest absolute Gasteiger partial charge is 0.480 e. The molecule has 0 heterocycles. The van der Waals surface area contributed by atoms with Crippen LogP contribution in [0.5, 0.6) is 0 Å². The van der Waals surface area contributed by atoms with Crippen LogP contribution in [0.15, 0.2) is 9.98 Å². The molecule has 15 heteroatoms. The molecule has 0 aromatic carbocycles. The number of aliphatic imine (C=N–C) groups is 2. The van der Waals surface area contributed by atoms with Crippen LogP contribution in [0.25, 0.3) is 0 Å². The summed E-state index contributed by atoms with van der Waals surface area (Å²) in [6.45, 7) is 7.42. The van der Waals surface area contributed by atoms with E-state index >= 15 is 0 Å². The molecule has 0 saturated carbocycles. The van der Waals surface area contributed by atoms with Crippen molar-refractivity contribution in [2.75, 3.05) is 13.1 Å². The van der Waals surface area contributed by atoms with Gasteiger partial charge in [0.05, 0.1) is 6.04 Å². The lowest BCUT2D eigenvalue weighted by Gasteiger charge is -2.26. The molecule has 5 unspecified atom stereocenters. The Kier molecular flexibility index (Phi) is 16.1. The minimum Gasteiger partial charge on any atom is -0.480 e. The molecular formula is C23H46N10O5. The summed E-state index contributed by atoms with van der Waals surface area (Å²) in [6, 6.07) is -4.16. The SMILES string of the molecule is CCC(C)C(N)C(=O)NC(CCCN=C(N)N)C(=O)NC(CCCN=C(N)N)C(=O)NC(C(=O)O)C(C)C. The molecule has 218 valence electrons. The highest BCUT2D eigenvalue weighted by Gasteiger charge is 2.31. The van der Waals surface area contributed by atoms with Gasteiger partial charge >= 0.3 is 5.97 Å². The molecule has 14 N–H and O–H groups in total. The molecule has 0 radical (unpaired) electrons. The van der Waals surface area contributed by atoms with Crippen LogP contribution in [0.3, 0.4) is 0 Å². The Balaban J connectivity index is 5.77. The van der Waals surface area contributed by atoms with E-state index in [0.717, 1.165) is 0 Å². The average molecular weight is 543 g/mol. The van der Waals surface area contributed by atoms with E-state index in [1.807, 2.05) is 13.8 Å². The summed E-state index contributed by atoms with van der Waals surface area (Å²) in [4.78, 5) is 58.3. The summed E-state index contributed by atoms with van der Waals surface area (Å²) in [5.74, 6) is -3.81. The number of nitrogens with two attached hydrogens (primary N) is 5. The van der Waals surface area contributed by atoms with Crippen molar-refractivity contribution in [2.24, 2.45) is 50.5 Å². The van der Waals surface area contributed by atoms with E-state index in [-0.39, 0.29) is 43.8 Å². The number of carboxylic acid groups (broad SMARTS) is 1. The zero-order valence-electron chi connectivity index (χ0n) is 22.8. The van der Waals surface area contributed by atoms with Crippen molar-refractivity contribution >= 4 is 35.6 Å². The fraction of sp³-hybridized carbons (Fsp3) is 0.739. The maximum Gasteiger partial charge on any atom is 0.326 e. The first-order valence-corrected chi connectivity index (χ1v) is 12.7. The monoisotopic (exact) mass is 542 g/mol. The van der Waals surface area contributed by atoms with Crippen LogP contribution < -0.4 is 44.6 Å². The minimum atomic E-state index is -1.21. The number of hydrogen-bond acceptors (Lipinski definition) is 7. The number of carbonyl (C=O) groups excluding carboxylic acids is 3. The summed E-state index contributed by atoms with van der Waals surface area (Å²) >= 11 is 0. The molecule has 3 amide bonds. The summed E-state index contributed by atoms with van der Waals surface area (Å²) in [6.07, 6.45) is 1.60. The number of carboxylic acids is 1. The second-order valence-electron chi connectivity index (χ2n) is 9.50. The van der Waals surface area contributed by atoms with Gasteiger partial charge in [0.2, 0.25) is 17.7 Å². The van der Waals surface area contributed by atoms with Gasteiger partial charge in [0, 0.05) is 13.1 Å². The standard InChI is InChI=1S/C23H46N10O5/c1-5-13(4)16(24)20(36)32-14(8-6-10-29-22(25)26)18(34)31-15(9-7-11-30-23(27)28)19(35)33-17(12(2)3)21(37)38/h12-17H,5-11,24H2,1-4H3,(H,31,34)(H,32,36)(H,33,35)(H,37,38)(H4,25,26,29)(H4,27,28,30). The minimum absolute atomic E-state index is 0.107. The molecule has 0 fully saturated rings. The Bertz CT molecular complexity index is 840. The van der Waals surface area contributed by atoms with E-state index in [1.54, 1.807) is 13.8 Å². The number of aliphatic carboxylic acids is 1. The van der Waals surface area contributed by atoms with E-state index in [4.69, 9.17) is 28.7 Å². The topological polar surface area (TPSA) is 279 Å². The normalized spacial score (nSPS) is 14.8. The highest BCUT2D eigenvalue weighted by Crippen LogP contribution is 2.09. The molecule has 0 aliphatic carbocycles. The van der Waals surface area contributed by atoms with E-state index in [0.29, 0.717) is 19.3 Å². The third kappa shape index (κ3) is 13.6. The number of amides is 3. The van der Waals surface area contributed by atoms with Crippen LogP contribution in [0.2, 0.25) is 0 Å². The van der Waals surface area contributed by atoms with E-state index in [9.17, 15) is 24.3 Å². The van der Waals surface area contributed by atoms with Crippen LogP contribution in [0.4, 0.5) is 0 Å². The first-order chi connectivity index (χ1) is 17.7. The lowest BCUT2D eigenvalue weighted by molar-refractivity contribution is -0.143. The molecule has 0 aliphatic rings. The molecule has 0 bridgehead atoms. The maximum atomic E-state index is 13.3. The molecule has 0 aromatic heterocycles. The lowest BCUT2D eigenvalue weighted by Crippen LogP contribution is -2.58. The van der Waals surface area contributed by atoms with Crippen LogP contribution in [0.1, 0.15) is 59.8 Å². The Morgan fingerprint density at radius 3 is 1.55 bits per heavy atom. The smallest absolute Gasteiger partial charge is 0.326 e. The fourth-order valence-electron chi connectivity index (χ4n) is 3.36. The number of nitrogens with zero attached hydrogens (tertiary/aromatic N) is 2. The summed E-state index contributed by atoms with van der Waals surface area (Å²) < 4.78 is 0. The van der Waals surface area contributed by atoms with Gasteiger partial charge in [-0.05, 0) is 37.5 Å². The first-order valence-electron chi connectivity index (χ1n) is 12.7. The third-order valence-corrected chi connectivity index (χ3v) is 5.95. The van der Waals surface area contributed by atoms with Gasteiger partial charge in [-0.1, -0.05) is 34.1 Å². The predicted octanol–water partition coefficient (Wildman–Crippen LogP) is -2.34. The second-order valence-corrected chi connectivity index (χ2v) is 9.50. The van der Waals surface area contributed by atoms with E-state index in [2.05, 4.69) is 25.9 Å². The van der Waals surface area contributed by atoms with Crippen molar-refractivity contribution in [1.29, 1.82) is 0 Å². The molecule has 5 atom stereocenters. The molecule has 0 rings (SSSR count). The van der Waals surface area contributed by atoms with Gasteiger partial charge in [-0.15, -0.1) is 0 Å². The number of guanidine groups is 2.